The maximum atomic E-state index is 5.99. The molecule has 1 aromatic rings. The van der Waals surface area contributed by atoms with Crippen LogP contribution in [0.3, 0.4) is 0 Å². The van der Waals surface area contributed by atoms with Gasteiger partial charge >= 0.3 is 0 Å². The van der Waals surface area contributed by atoms with Gasteiger partial charge in [-0.2, -0.15) is 0 Å². The van der Waals surface area contributed by atoms with Gasteiger partial charge in [-0.15, -0.1) is 0 Å². The third-order valence-corrected chi connectivity index (χ3v) is 4.67. The Morgan fingerprint density at radius 1 is 1.24 bits per heavy atom. The lowest BCUT2D eigenvalue weighted by Gasteiger charge is -2.35. The minimum Gasteiger partial charge on any atom is -0.312 e. The van der Waals surface area contributed by atoms with Crippen molar-refractivity contribution in [2.75, 3.05) is 40.3 Å². The highest BCUT2D eigenvalue weighted by molar-refractivity contribution is 6.30. The van der Waals surface area contributed by atoms with Gasteiger partial charge in [0.2, 0.25) is 0 Å². The molecular weight excluding hydrogens is 282 g/mol. The van der Waals surface area contributed by atoms with Crippen LogP contribution in [0.1, 0.15) is 18.9 Å². The lowest BCUT2D eigenvalue weighted by Crippen LogP contribution is -2.53. The zero-order valence-corrected chi connectivity index (χ0v) is 14.2. The molecule has 3 nitrogen and oxygen atoms in total. The van der Waals surface area contributed by atoms with Gasteiger partial charge in [0, 0.05) is 23.7 Å². The van der Waals surface area contributed by atoms with Crippen LogP contribution in [-0.4, -0.2) is 62.2 Å². The van der Waals surface area contributed by atoms with Gasteiger partial charge in [-0.1, -0.05) is 30.7 Å². The molecule has 21 heavy (non-hydrogen) atoms. The molecule has 0 amide bonds. The smallest absolute Gasteiger partial charge is 0.0406 e. The molecule has 0 bridgehead atoms. The van der Waals surface area contributed by atoms with Crippen molar-refractivity contribution in [2.45, 2.75) is 31.8 Å². The highest BCUT2D eigenvalue weighted by Crippen LogP contribution is 2.16. The number of hydrogen-bond donors (Lipinski definition) is 1. The second-order valence-electron chi connectivity index (χ2n) is 6.16. The summed E-state index contributed by atoms with van der Waals surface area (Å²) in [6, 6.07) is 9.29. The molecule has 2 rings (SSSR count). The van der Waals surface area contributed by atoms with Crippen molar-refractivity contribution >= 4 is 11.6 Å². The molecule has 1 aliphatic heterocycles. The lowest BCUT2D eigenvalue weighted by atomic mass is 9.98. The van der Waals surface area contributed by atoms with Gasteiger partial charge in [0.1, 0.15) is 0 Å². The van der Waals surface area contributed by atoms with Crippen molar-refractivity contribution in [1.82, 2.24) is 15.1 Å². The van der Waals surface area contributed by atoms with E-state index in [1.807, 2.05) is 12.1 Å². The van der Waals surface area contributed by atoms with E-state index < -0.39 is 0 Å². The number of nitrogens with zero attached hydrogens (tertiary/aromatic N) is 2. The van der Waals surface area contributed by atoms with Crippen molar-refractivity contribution < 1.29 is 0 Å². The largest absolute Gasteiger partial charge is 0.312 e. The van der Waals surface area contributed by atoms with Crippen molar-refractivity contribution in [1.29, 1.82) is 0 Å². The zero-order valence-electron chi connectivity index (χ0n) is 13.5. The van der Waals surface area contributed by atoms with Crippen LogP contribution >= 0.6 is 11.6 Å². The highest BCUT2D eigenvalue weighted by Gasteiger charge is 2.28. The van der Waals surface area contributed by atoms with Gasteiger partial charge in [0.05, 0.1) is 0 Å². The molecule has 2 unspecified atom stereocenters. The SMILES string of the molecule is CCNC(Cc1ccc(Cl)cc1)C1CN(C)CCCN1C. The Hall–Kier alpha value is -0.610. The molecule has 1 aliphatic rings. The fourth-order valence-corrected chi connectivity index (χ4v) is 3.35. The van der Waals surface area contributed by atoms with Gasteiger partial charge < -0.3 is 15.1 Å². The van der Waals surface area contributed by atoms with E-state index in [1.165, 1.54) is 25.1 Å². The predicted molar refractivity (Wildman–Crippen MR) is 91.2 cm³/mol. The Balaban J connectivity index is 2.10. The summed E-state index contributed by atoms with van der Waals surface area (Å²) < 4.78 is 0. The first-order valence-corrected chi connectivity index (χ1v) is 8.34. The monoisotopic (exact) mass is 309 g/mol. The average Bonchev–Trinajstić information content (AvgIpc) is 2.62. The maximum absolute atomic E-state index is 5.99. The quantitative estimate of drug-likeness (QED) is 0.901. The number of halogens is 1. The van der Waals surface area contributed by atoms with Gasteiger partial charge in [-0.05, 0) is 64.3 Å². The fraction of sp³-hybridized carbons (Fsp3) is 0.647. The van der Waals surface area contributed by atoms with Crippen molar-refractivity contribution in [3.05, 3.63) is 34.9 Å². The van der Waals surface area contributed by atoms with Crippen LogP contribution in [0.25, 0.3) is 0 Å². The van der Waals surface area contributed by atoms with Gasteiger partial charge in [0.15, 0.2) is 0 Å². The summed E-state index contributed by atoms with van der Waals surface area (Å²) in [4.78, 5) is 4.98. The molecule has 1 heterocycles. The van der Waals surface area contributed by atoms with E-state index >= 15 is 0 Å². The third-order valence-electron chi connectivity index (χ3n) is 4.42. The summed E-state index contributed by atoms with van der Waals surface area (Å²) in [6.07, 6.45) is 2.30. The van der Waals surface area contributed by atoms with Crippen LogP contribution in [0.15, 0.2) is 24.3 Å². The van der Waals surface area contributed by atoms with E-state index in [0.717, 1.165) is 24.5 Å². The summed E-state index contributed by atoms with van der Waals surface area (Å²) in [5.74, 6) is 0. The van der Waals surface area contributed by atoms with Crippen LogP contribution in [0.5, 0.6) is 0 Å². The molecule has 0 radical (unpaired) electrons. The molecule has 118 valence electrons. The molecule has 1 fully saturated rings. The van der Waals surface area contributed by atoms with Gasteiger partial charge in [-0.3, -0.25) is 0 Å². The zero-order chi connectivity index (χ0) is 15.2. The molecule has 2 atom stereocenters. The third kappa shape index (κ3) is 4.96. The normalized spacial score (nSPS) is 23.0. The van der Waals surface area contributed by atoms with Crippen LogP contribution < -0.4 is 5.32 Å². The summed E-state index contributed by atoms with van der Waals surface area (Å²) in [5.41, 5.74) is 1.35. The standard InChI is InChI=1S/C17H28ClN3/c1-4-19-16(12-14-6-8-15(18)9-7-14)17-13-20(2)10-5-11-21(17)3/h6-9,16-17,19H,4-5,10-13H2,1-3H3. The number of rotatable bonds is 5. The highest BCUT2D eigenvalue weighted by atomic mass is 35.5. The van der Waals surface area contributed by atoms with Gasteiger partial charge in [-0.25, -0.2) is 0 Å². The number of hydrogen-bond acceptors (Lipinski definition) is 3. The van der Waals surface area contributed by atoms with E-state index in [2.05, 4.69) is 48.3 Å². The van der Waals surface area contributed by atoms with E-state index in [-0.39, 0.29) is 0 Å². The molecule has 0 saturated carbocycles. The minimum absolute atomic E-state index is 0.474. The summed E-state index contributed by atoms with van der Waals surface area (Å²) >= 11 is 5.99. The molecule has 1 N–H and O–H groups in total. The van der Waals surface area contributed by atoms with E-state index in [1.54, 1.807) is 0 Å². The van der Waals surface area contributed by atoms with E-state index in [9.17, 15) is 0 Å². The van der Waals surface area contributed by atoms with E-state index in [0.29, 0.717) is 12.1 Å². The fourth-order valence-electron chi connectivity index (χ4n) is 3.22. The Kier molecular flexibility index (Phi) is 6.49. The molecular formula is C17H28ClN3. The Morgan fingerprint density at radius 3 is 2.62 bits per heavy atom. The first-order valence-electron chi connectivity index (χ1n) is 7.96. The van der Waals surface area contributed by atoms with Crippen molar-refractivity contribution in [3.63, 3.8) is 0 Å². The molecule has 0 spiro atoms. The summed E-state index contributed by atoms with van der Waals surface area (Å²) in [6.45, 7) is 6.70. The van der Waals surface area contributed by atoms with Gasteiger partial charge in [0.25, 0.3) is 0 Å². The van der Waals surface area contributed by atoms with Crippen LogP contribution in [0, 0.1) is 0 Å². The van der Waals surface area contributed by atoms with Crippen molar-refractivity contribution in [3.8, 4) is 0 Å². The lowest BCUT2D eigenvalue weighted by molar-refractivity contribution is 0.178. The maximum Gasteiger partial charge on any atom is 0.0406 e. The Labute approximate surface area is 134 Å². The van der Waals surface area contributed by atoms with Crippen molar-refractivity contribution in [2.24, 2.45) is 0 Å². The first kappa shape index (κ1) is 16.8. The van der Waals surface area contributed by atoms with Crippen LogP contribution in [0.4, 0.5) is 0 Å². The second-order valence-corrected chi connectivity index (χ2v) is 6.59. The Morgan fingerprint density at radius 2 is 1.95 bits per heavy atom. The predicted octanol–water partition coefficient (Wildman–Crippen LogP) is 2.50. The molecule has 1 aromatic carbocycles. The number of nitrogens with one attached hydrogen (secondary N) is 1. The minimum atomic E-state index is 0.474. The summed E-state index contributed by atoms with van der Waals surface area (Å²) in [7, 11) is 4.49. The van der Waals surface area contributed by atoms with Crippen LogP contribution in [0.2, 0.25) is 5.02 Å². The molecule has 1 saturated heterocycles. The molecule has 0 aliphatic carbocycles. The summed E-state index contributed by atoms with van der Waals surface area (Å²) in [5, 5.41) is 4.50. The number of likely N-dealkylation sites (N-methyl/N-ethyl adjacent to an activating group) is 3. The van der Waals surface area contributed by atoms with E-state index in [4.69, 9.17) is 11.6 Å². The topological polar surface area (TPSA) is 18.5 Å². The van der Waals surface area contributed by atoms with Crippen LogP contribution in [-0.2, 0) is 6.42 Å². The average molecular weight is 310 g/mol. The molecule has 4 heteroatoms. The number of benzene rings is 1. The first-order chi connectivity index (χ1) is 10.1. The Bertz CT molecular complexity index is 421. The second kappa shape index (κ2) is 8.14. The molecule has 0 aromatic heterocycles.